The molecule has 1 spiro atoms. The average molecular weight is 473 g/mol. The largest absolute Gasteiger partial charge is 0.486 e. The molecule has 3 heterocycles. The smallest absolute Gasteiger partial charge is 0.229 e. The summed E-state index contributed by atoms with van der Waals surface area (Å²) in [5, 5.41) is 0. The van der Waals surface area contributed by atoms with E-state index in [1.165, 1.54) is 17.3 Å². The minimum absolute atomic E-state index is 0.00188. The molecule has 2 aromatic carbocycles. The first-order chi connectivity index (χ1) is 15.3. The van der Waals surface area contributed by atoms with E-state index < -0.39 is 15.6 Å². The number of rotatable bonds is 5. The van der Waals surface area contributed by atoms with E-state index in [9.17, 15) is 13.2 Å². The highest BCUT2D eigenvalue weighted by molar-refractivity contribution is 7.92. The van der Waals surface area contributed by atoms with Crippen LogP contribution in [0, 0.1) is 0 Å². The average Bonchev–Trinajstić information content (AvgIpc) is 3.21. The zero-order valence-electron chi connectivity index (χ0n) is 17.7. The highest BCUT2D eigenvalue weighted by Crippen LogP contribution is 2.40. The van der Waals surface area contributed by atoms with E-state index in [-0.39, 0.29) is 5.78 Å². The fourth-order valence-electron chi connectivity index (χ4n) is 4.51. The fourth-order valence-corrected chi connectivity index (χ4v) is 5.58. The summed E-state index contributed by atoms with van der Waals surface area (Å²) in [7, 11) is -3.40. The quantitative estimate of drug-likeness (QED) is 0.609. The summed E-state index contributed by atoms with van der Waals surface area (Å²) in [6.45, 7) is 2.69. The maximum atomic E-state index is 12.9. The first-order valence-electron chi connectivity index (χ1n) is 10.6. The number of carbonyl (C=O) groups excluding carboxylic acids is 1. The molecule has 2 aliphatic heterocycles. The first kappa shape index (κ1) is 21.3. The Labute approximate surface area is 191 Å². The van der Waals surface area contributed by atoms with Crippen LogP contribution in [-0.2, 0) is 16.4 Å². The lowest BCUT2D eigenvalue weighted by atomic mass is 9.82. The van der Waals surface area contributed by atoms with Gasteiger partial charge in [0.1, 0.15) is 22.4 Å². The zero-order valence-corrected chi connectivity index (χ0v) is 19.3. The van der Waals surface area contributed by atoms with E-state index in [1.807, 2.05) is 6.07 Å². The maximum Gasteiger partial charge on any atom is 0.229 e. The summed E-state index contributed by atoms with van der Waals surface area (Å²) in [5.41, 5.74) is 3.49. The van der Waals surface area contributed by atoms with Crippen molar-refractivity contribution in [3.8, 4) is 5.75 Å². The first-order valence-corrected chi connectivity index (χ1v) is 13.2. The zero-order chi connectivity index (χ0) is 22.3. The number of aromatic nitrogens is 2. The summed E-state index contributed by atoms with van der Waals surface area (Å²) in [6.07, 6.45) is 3.93. The van der Waals surface area contributed by atoms with Gasteiger partial charge < -0.3 is 9.64 Å². The Morgan fingerprint density at radius 3 is 2.69 bits per heavy atom. The van der Waals surface area contributed by atoms with Gasteiger partial charge in [-0.2, -0.15) is 8.75 Å². The number of ether oxygens (including phenoxy) is 1. The van der Waals surface area contributed by atoms with Crippen LogP contribution in [0.15, 0.2) is 36.4 Å². The number of anilines is 1. The number of nitrogens with one attached hydrogen (secondary N) is 1. The molecular formula is C22H24N4O4S2. The molecule has 0 aliphatic carbocycles. The number of Topliss-reactive ketones (excluding diaryl/α,β-unsaturated/α-hetero) is 1. The van der Waals surface area contributed by atoms with Crippen LogP contribution >= 0.6 is 11.7 Å². The van der Waals surface area contributed by atoms with Crippen molar-refractivity contribution >= 4 is 44.3 Å². The van der Waals surface area contributed by atoms with Crippen LogP contribution in [0.25, 0.3) is 11.0 Å². The number of hydrogen-bond acceptors (Lipinski definition) is 8. The van der Waals surface area contributed by atoms with Crippen LogP contribution in [0.5, 0.6) is 5.75 Å². The van der Waals surface area contributed by atoms with Gasteiger partial charge in [-0.05, 0) is 42.3 Å². The fraction of sp³-hybridized carbons (Fsp3) is 0.409. The van der Waals surface area contributed by atoms with Gasteiger partial charge >= 0.3 is 0 Å². The molecule has 1 fully saturated rings. The van der Waals surface area contributed by atoms with Crippen molar-refractivity contribution in [2.75, 3.05) is 30.6 Å². The van der Waals surface area contributed by atoms with Crippen LogP contribution in [-0.4, -0.2) is 59.3 Å². The predicted molar refractivity (Wildman–Crippen MR) is 124 cm³/mol. The molecule has 1 aromatic heterocycles. The highest BCUT2D eigenvalue weighted by atomic mass is 32.2. The number of sulfonamides is 1. The van der Waals surface area contributed by atoms with Gasteiger partial charge in [-0.15, -0.1) is 0 Å². The minimum Gasteiger partial charge on any atom is -0.486 e. The molecule has 0 saturated carbocycles. The highest BCUT2D eigenvalue weighted by Gasteiger charge is 2.42. The minimum atomic E-state index is -3.40. The van der Waals surface area contributed by atoms with E-state index in [0.717, 1.165) is 56.2 Å². The topological polar surface area (TPSA) is 101 Å². The van der Waals surface area contributed by atoms with Gasteiger partial charge in [0.2, 0.25) is 10.0 Å². The summed E-state index contributed by atoms with van der Waals surface area (Å²) < 4.78 is 40.3. The molecule has 8 nitrogen and oxygen atoms in total. The molecule has 0 atom stereocenters. The standard InChI is InChI=1S/C22H24N4O4S2/c1-32(28,29)25-16-3-5-21-17(13-16)20(27)14-22(30-21)7-10-26(11-8-22)9-6-15-2-4-18-19(12-15)24-31-23-18/h2-5,12-13,25H,6-11,14H2,1H3. The third-order valence-electron chi connectivity index (χ3n) is 6.19. The van der Waals surface area contributed by atoms with Crippen molar-refractivity contribution in [2.45, 2.75) is 31.3 Å². The summed E-state index contributed by atoms with van der Waals surface area (Å²) in [4.78, 5) is 15.3. The Bertz CT molecular complexity index is 1280. The van der Waals surface area contributed by atoms with Crippen LogP contribution in [0.3, 0.4) is 0 Å². The third-order valence-corrected chi connectivity index (χ3v) is 7.36. The molecule has 0 bridgehead atoms. The second kappa shape index (κ2) is 8.09. The molecule has 3 aromatic rings. The molecule has 2 aliphatic rings. The van der Waals surface area contributed by atoms with Crippen LogP contribution in [0.1, 0.15) is 35.2 Å². The second-order valence-corrected chi connectivity index (χ2v) is 10.9. The summed E-state index contributed by atoms with van der Waals surface area (Å²) in [5.74, 6) is 0.543. The van der Waals surface area contributed by atoms with Crippen LogP contribution < -0.4 is 9.46 Å². The number of piperidine rings is 1. The van der Waals surface area contributed by atoms with Gasteiger partial charge in [0, 0.05) is 38.2 Å². The molecule has 168 valence electrons. The molecular weight excluding hydrogens is 448 g/mol. The number of carbonyl (C=O) groups is 1. The summed E-state index contributed by atoms with van der Waals surface area (Å²) in [6, 6.07) is 11.1. The van der Waals surface area contributed by atoms with E-state index in [2.05, 4.69) is 30.5 Å². The number of nitrogens with zero attached hydrogens (tertiary/aromatic N) is 3. The summed E-state index contributed by atoms with van der Waals surface area (Å²) >= 11 is 1.24. The van der Waals surface area contributed by atoms with Crippen molar-refractivity contribution < 1.29 is 17.9 Å². The van der Waals surface area contributed by atoms with Crippen molar-refractivity contribution in [3.63, 3.8) is 0 Å². The molecule has 10 heteroatoms. The Morgan fingerprint density at radius 2 is 1.91 bits per heavy atom. The lowest BCUT2D eigenvalue weighted by Crippen LogP contribution is -2.51. The van der Waals surface area contributed by atoms with E-state index in [1.54, 1.807) is 18.2 Å². The number of likely N-dealkylation sites (tertiary alicyclic amines) is 1. The Morgan fingerprint density at radius 1 is 1.12 bits per heavy atom. The molecule has 1 N–H and O–H groups in total. The van der Waals surface area contributed by atoms with Crippen molar-refractivity contribution in [3.05, 3.63) is 47.5 Å². The number of benzene rings is 2. The van der Waals surface area contributed by atoms with E-state index in [0.29, 0.717) is 23.4 Å². The Balaban J connectivity index is 1.21. The van der Waals surface area contributed by atoms with Gasteiger partial charge in [-0.1, -0.05) is 6.07 Å². The molecule has 1 saturated heterocycles. The molecule has 0 amide bonds. The SMILES string of the molecule is CS(=O)(=O)Nc1ccc2c(c1)C(=O)CC1(CCN(CCc3ccc4nsnc4c3)CC1)O2. The lowest BCUT2D eigenvalue weighted by Gasteiger charge is -2.44. The van der Waals surface area contributed by atoms with E-state index >= 15 is 0 Å². The van der Waals surface area contributed by atoms with Gasteiger partial charge in [0.15, 0.2) is 5.78 Å². The Kier molecular flexibility index (Phi) is 5.39. The molecule has 0 radical (unpaired) electrons. The molecule has 32 heavy (non-hydrogen) atoms. The van der Waals surface area contributed by atoms with Gasteiger partial charge in [0.25, 0.3) is 0 Å². The van der Waals surface area contributed by atoms with Crippen molar-refractivity contribution in [1.82, 2.24) is 13.6 Å². The van der Waals surface area contributed by atoms with Gasteiger partial charge in [-0.3, -0.25) is 9.52 Å². The van der Waals surface area contributed by atoms with E-state index in [4.69, 9.17) is 4.74 Å². The van der Waals surface area contributed by atoms with Gasteiger partial charge in [0.05, 0.1) is 30.0 Å². The number of fused-ring (bicyclic) bond motifs is 2. The van der Waals surface area contributed by atoms with Crippen LogP contribution in [0.4, 0.5) is 5.69 Å². The maximum absolute atomic E-state index is 12.9. The molecule has 0 unspecified atom stereocenters. The van der Waals surface area contributed by atoms with Crippen molar-refractivity contribution in [1.29, 1.82) is 0 Å². The third kappa shape index (κ3) is 4.48. The van der Waals surface area contributed by atoms with Gasteiger partial charge in [-0.25, -0.2) is 8.42 Å². The Hall–Kier alpha value is -2.56. The monoisotopic (exact) mass is 472 g/mol. The normalized spacial score (nSPS) is 18.5. The number of hydrogen-bond donors (Lipinski definition) is 1. The van der Waals surface area contributed by atoms with Crippen LogP contribution in [0.2, 0.25) is 0 Å². The lowest BCUT2D eigenvalue weighted by molar-refractivity contribution is -0.00864. The molecule has 5 rings (SSSR count). The predicted octanol–water partition coefficient (Wildman–Crippen LogP) is 3.11. The number of ketones is 1. The second-order valence-electron chi connectivity index (χ2n) is 8.65. The van der Waals surface area contributed by atoms with Crippen molar-refractivity contribution in [2.24, 2.45) is 0 Å².